The van der Waals surface area contributed by atoms with E-state index in [1.165, 1.54) is 0 Å². The monoisotopic (exact) mass is 328 g/mol. The van der Waals surface area contributed by atoms with E-state index < -0.39 is 0 Å². The zero-order valence-electron chi connectivity index (χ0n) is 13.5. The van der Waals surface area contributed by atoms with E-state index in [4.69, 9.17) is 9.47 Å². The molecule has 0 radical (unpaired) electrons. The van der Waals surface area contributed by atoms with Crippen molar-refractivity contribution in [3.8, 4) is 11.4 Å². The van der Waals surface area contributed by atoms with Gasteiger partial charge in [-0.2, -0.15) is 0 Å². The Hall–Kier alpha value is -2.25. The maximum Gasteiger partial charge on any atom is 0.253 e. The number of nitrogens with zero attached hydrogens (tertiary/aromatic N) is 2. The number of fused-ring (bicyclic) bond motifs is 1. The van der Waals surface area contributed by atoms with E-state index in [-0.39, 0.29) is 17.9 Å². The molecule has 2 aliphatic heterocycles. The van der Waals surface area contributed by atoms with Gasteiger partial charge in [-0.05, 0) is 25.5 Å². The Bertz CT molecular complexity index is 752. The predicted octanol–water partition coefficient (Wildman–Crippen LogP) is 1.41. The van der Waals surface area contributed by atoms with Gasteiger partial charge in [-0.3, -0.25) is 4.79 Å². The lowest BCUT2D eigenvalue weighted by Gasteiger charge is -2.29. The van der Waals surface area contributed by atoms with E-state index in [0.29, 0.717) is 37.8 Å². The van der Waals surface area contributed by atoms with Gasteiger partial charge in [-0.25, -0.2) is 9.97 Å². The first kappa shape index (κ1) is 15.3. The van der Waals surface area contributed by atoms with Crippen LogP contribution in [0.2, 0.25) is 0 Å². The second kappa shape index (κ2) is 6.33. The van der Waals surface area contributed by atoms with Gasteiger partial charge in [-0.1, -0.05) is 0 Å². The Kier molecular flexibility index (Phi) is 4.03. The number of ether oxygens (including phenoxy) is 2. The van der Waals surface area contributed by atoms with Crippen LogP contribution in [0.15, 0.2) is 18.3 Å². The van der Waals surface area contributed by atoms with Crippen molar-refractivity contribution in [3.63, 3.8) is 0 Å². The number of amides is 1. The van der Waals surface area contributed by atoms with Crippen molar-refractivity contribution >= 4 is 5.91 Å². The molecular weight excluding hydrogens is 308 g/mol. The van der Waals surface area contributed by atoms with Gasteiger partial charge in [0.1, 0.15) is 5.82 Å². The van der Waals surface area contributed by atoms with Crippen LogP contribution in [0.25, 0.3) is 11.4 Å². The van der Waals surface area contributed by atoms with Crippen LogP contribution < -0.4 is 5.32 Å². The van der Waals surface area contributed by atoms with E-state index in [0.717, 1.165) is 23.5 Å². The first-order valence-electron chi connectivity index (χ1n) is 8.21. The maximum absolute atomic E-state index is 12.2. The summed E-state index contributed by atoms with van der Waals surface area (Å²) in [7, 11) is 0. The molecule has 0 aliphatic carbocycles. The highest BCUT2D eigenvalue weighted by molar-refractivity contribution is 5.98. The molecule has 2 aromatic rings. The second-order valence-corrected chi connectivity index (χ2v) is 6.21. The third kappa shape index (κ3) is 2.92. The van der Waals surface area contributed by atoms with Crippen molar-refractivity contribution in [1.82, 2.24) is 20.3 Å². The SMILES string of the molecule is Cc1nccc(-c2cc3c([nH]2)C(C[C@H]2COCCO2)CNC3=O)n1. The minimum absolute atomic E-state index is 0.0460. The van der Waals surface area contributed by atoms with Crippen molar-refractivity contribution < 1.29 is 14.3 Å². The van der Waals surface area contributed by atoms with Crippen LogP contribution in [0, 0.1) is 6.92 Å². The molecule has 1 saturated heterocycles. The fourth-order valence-electron chi connectivity index (χ4n) is 3.33. The van der Waals surface area contributed by atoms with Gasteiger partial charge < -0.3 is 19.8 Å². The first-order valence-corrected chi connectivity index (χ1v) is 8.21. The topological polar surface area (TPSA) is 89.1 Å². The number of carbonyl (C=O) groups is 1. The number of nitrogens with one attached hydrogen (secondary N) is 2. The molecule has 24 heavy (non-hydrogen) atoms. The van der Waals surface area contributed by atoms with E-state index in [1.807, 2.05) is 19.1 Å². The largest absolute Gasteiger partial charge is 0.376 e. The summed E-state index contributed by atoms with van der Waals surface area (Å²) in [6, 6.07) is 3.71. The van der Waals surface area contributed by atoms with Crippen molar-refractivity contribution in [2.24, 2.45) is 0 Å². The number of hydrogen-bond donors (Lipinski definition) is 2. The standard InChI is InChI=1S/C17H20N4O3/c1-10-18-3-2-14(20-10)15-7-13-16(21-15)11(8-19-17(13)22)6-12-9-23-4-5-24-12/h2-3,7,11-12,21H,4-6,8-9H2,1H3,(H,19,22)/t11?,12-/m0/s1. The fourth-order valence-corrected chi connectivity index (χ4v) is 3.33. The zero-order chi connectivity index (χ0) is 16.5. The summed E-state index contributed by atoms with van der Waals surface area (Å²) in [4.78, 5) is 24.2. The number of aryl methyl sites for hydroxylation is 1. The molecule has 1 unspecified atom stereocenters. The van der Waals surface area contributed by atoms with Crippen LogP contribution in [0.4, 0.5) is 0 Å². The summed E-state index contributed by atoms with van der Waals surface area (Å²) in [5.41, 5.74) is 3.28. The Morgan fingerprint density at radius 2 is 2.29 bits per heavy atom. The van der Waals surface area contributed by atoms with Gasteiger partial charge >= 0.3 is 0 Å². The molecule has 1 fully saturated rings. The number of H-pyrrole nitrogens is 1. The Balaban J connectivity index is 1.63. The third-order valence-corrected chi connectivity index (χ3v) is 4.49. The summed E-state index contributed by atoms with van der Waals surface area (Å²) in [5, 5.41) is 2.97. The van der Waals surface area contributed by atoms with Crippen molar-refractivity contribution in [1.29, 1.82) is 0 Å². The molecule has 126 valence electrons. The van der Waals surface area contributed by atoms with Crippen molar-refractivity contribution in [2.45, 2.75) is 25.4 Å². The lowest BCUT2D eigenvalue weighted by molar-refractivity contribution is -0.0928. The molecular formula is C17H20N4O3. The Morgan fingerprint density at radius 1 is 1.38 bits per heavy atom. The van der Waals surface area contributed by atoms with E-state index in [9.17, 15) is 4.79 Å². The third-order valence-electron chi connectivity index (χ3n) is 4.49. The minimum Gasteiger partial charge on any atom is -0.376 e. The lowest BCUT2D eigenvalue weighted by Crippen LogP contribution is -2.38. The number of carbonyl (C=O) groups excluding carboxylic acids is 1. The molecule has 4 heterocycles. The van der Waals surface area contributed by atoms with Gasteiger partial charge in [0.25, 0.3) is 5.91 Å². The summed E-state index contributed by atoms with van der Waals surface area (Å²) >= 11 is 0. The van der Waals surface area contributed by atoms with Gasteiger partial charge in [0.15, 0.2) is 0 Å². The zero-order valence-corrected chi connectivity index (χ0v) is 13.5. The van der Waals surface area contributed by atoms with Gasteiger partial charge in [0.2, 0.25) is 0 Å². The molecule has 7 nitrogen and oxygen atoms in total. The first-order chi connectivity index (χ1) is 11.7. The average Bonchev–Trinajstić information content (AvgIpc) is 3.05. The molecule has 2 atom stereocenters. The fraction of sp³-hybridized carbons (Fsp3) is 0.471. The maximum atomic E-state index is 12.2. The Labute approximate surface area is 139 Å². The van der Waals surface area contributed by atoms with E-state index in [2.05, 4.69) is 20.3 Å². The van der Waals surface area contributed by atoms with Gasteiger partial charge in [0, 0.05) is 24.4 Å². The van der Waals surface area contributed by atoms with Gasteiger partial charge in [-0.15, -0.1) is 0 Å². The van der Waals surface area contributed by atoms with Crippen molar-refractivity contribution in [2.75, 3.05) is 26.4 Å². The molecule has 0 bridgehead atoms. The van der Waals surface area contributed by atoms with Crippen LogP contribution in [-0.2, 0) is 9.47 Å². The molecule has 7 heteroatoms. The number of aromatic amines is 1. The molecule has 0 aromatic carbocycles. The molecule has 2 aliphatic rings. The molecule has 2 aromatic heterocycles. The smallest absolute Gasteiger partial charge is 0.253 e. The van der Waals surface area contributed by atoms with E-state index >= 15 is 0 Å². The summed E-state index contributed by atoms with van der Waals surface area (Å²) < 4.78 is 11.2. The average molecular weight is 328 g/mol. The molecule has 2 N–H and O–H groups in total. The summed E-state index contributed by atoms with van der Waals surface area (Å²) in [5.74, 6) is 0.838. The predicted molar refractivity (Wildman–Crippen MR) is 86.8 cm³/mol. The van der Waals surface area contributed by atoms with Crippen molar-refractivity contribution in [3.05, 3.63) is 35.4 Å². The van der Waals surface area contributed by atoms with Crippen LogP contribution >= 0.6 is 0 Å². The molecule has 1 amide bonds. The summed E-state index contributed by atoms with van der Waals surface area (Å²) in [6.45, 7) is 4.35. The normalized spacial score (nSPS) is 23.6. The summed E-state index contributed by atoms with van der Waals surface area (Å²) in [6.07, 6.45) is 2.61. The second-order valence-electron chi connectivity index (χ2n) is 6.21. The lowest BCUT2D eigenvalue weighted by atomic mass is 9.92. The highest BCUT2D eigenvalue weighted by atomic mass is 16.6. The van der Waals surface area contributed by atoms with E-state index in [1.54, 1.807) is 6.20 Å². The highest BCUT2D eigenvalue weighted by Crippen LogP contribution is 2.31. The number of aromatic nitrogens is 3. The molecule has 0 saturated carbocycles. The number of hydrogen-bond acceptors (Lipinski definition) is 5. The number of rotatable bonds is 3. The van der Waals surface area contributed by atoms with Crippen LogP contribution in [0.1, 0.15) is 34.2 Å². The minimum atomic E-state index is -0.0460. The van der Waals surface area contributed by atoms with Gasteiger partial charge in [0.05, 0.1) is 42.9 Å². The van der Waals surface area contributed by atoms with Crippen LogP contribution in [0.5, 0.6) is 0 Å². The highest BCUT2D eigenvalue weighted by Gasteiger charge is 2.31. The molecule has 0 spiro atoms. The quantitative estimate of drug-likeness (QED) is 0.889. The molecule has 4 rings (SSSR count). The van der Waals surface area contributed by atoms with Crippen LogP contribution in [-0.4, -0.2) is 53.3 Å². The van der Waals surface area contributed by atoms with Crippen LogP contribution in [0.3, 0.4) is 0 Å². The Morgan fingerprint density at radius 3 is 3.08 bits per heavy atom.